The molecule has 0 bridgehead atoms. The molecule has 6 heteroatoms. The van der Waals surface area contributed by atoms with Gasteiger partial charge in [-0.2, -0.15) is 13.2 Å². The van der Waals surface area contributed by atoms with Gasteiger partial charge >= 0.3 is 6.18 Å². The molecule has 0 atom stereocenters. The number of hydrogen-bond donors (Lipinski definition) is 1. The van der Waals surface area contributed by atoms with E-state index in [0.717, 1.165) is 6.20 Å². The maximum atomic E-state index is 12.1. The normalized spacial score (nSPS) is 11.4. The Balaban J connectivity index is 2.09. The zero-order valence-electron chi connectivity index (χ0n) is 11.3. The van der Waals surface area contributed by atoms with E-state index in [4.69, 9.17) is 4.74 Å². The number of anilines is 1. The first-order valence-electron chi connectivity index (χ1n) is 6.33. The lowest BCUT2D eigenvalue weighted by molar-refractivity contribution is -0.165. The highest BCUT2D eigenvalue weighted by Crippen LogP contribution is 2.29. The Hall–Kier alpha value is -2.76. The third-order valence-electron chi connectivity index (χ3n) is 2.61. The zero-order chi connectivity index (χ0) is 16.0. The molecule has 0 fully saturated rings. The summed E-state index contributed by atoms with van der Waals surface area (Å²) in [7, 11) is 0. The van der Waals surface area contributed by atoms with Gasteiger partial charge in [0.2, 0.25) is 0 Å². The van der Waals surface area contributed by atoms with Gasteiger partial charge in [-0.05, 0) is 24.3 Å². The number of hydrogen-bond acceptors (Lipinski definition) is 3. The number of nitrogens with one attached hydrogen (secondary N) is 1. The van der Waals surface area contributed by atoms with E-state index in [9.17, 15) is 18.0 Å². The first-order chi connectivity index (χ1) is 10.5. The topological polar surface area (TPSA) is 38.3 Å². The molecular weight excluding hydrogens is 295 g/mol. The highest BCUT2D eigenvalue weighted by Gasteiger charge is 2.36. The number of benzene rings is 2. The van der Waals surface area contributed by atoms with Crippen molar-refractivity contribution < 1.29 is 22.7 Å². The van der Waals surface area contributed by atoms with E-state index in [1.54, 1.807) is 48.5 Å². The van der Waals surface area contributed by atoms with Crippen LogP contribution in [0.15, 0.2) is 66.9 Å². The number of carbonyl (C=O) groups is 1. The minimum Gasteiger partial charge on any atom is -0.455 e. The summed E-state index contributed by atoms with van der Waals surface area (Å²) in [4.78, 5) is 10.7. The number of rotatable bonds is 5. The highest BCUT2D eigenvalue weighted by molar-refractivity contribution is 5.94. The molecule has 0 heterocycles. The summed E-state index contributed by atoms with van der Waals surface area (Å²) in [6.07, 6.45) is -3.51. The number of halogens is 3. The number of alkyl halides is 3. The lowest BCUT2D eigenvalue weighted by atomic mass is 10.3. The van der Waals surface area contributed by atoms with Crippen LogP contribution in [-0.4, -0.2) is 12.0 Å². The van der Waals surface area contributed by atoms with Gasteiger partial charge in [0, 0.05) is 12.3 Å². The molecule has 0 radical (unpaired) electrons. The van der Waals surface area contributed by atoms with E-state index in [2.05, 4.69) is 5.32 Å². The van der Waals surface area contributed by atoms with Crippen molar-refractivity contribution in [2.45, 2.75) is 6.18 Å². The van der Waals surface area contributed by atoms with E-state index < -0.39 is 12.0 Å². The molecule has 0 aromatic heterocycles. The van der Waals surface area contributed by atoms with Crippen molar-refractivity contribution in [3.05, 3.63) is 66.9 Å². The van der Waals surface area contributed by atoms with Crippen molar-refractivity contribution in [2.75, 3.05) is 5.32 Å². The highest BCUT2D eigenvalue weighted by atomic mass is 19.4. The number of allylic oxidation sites excluding steroid dienone is 1. The molecule has 2 rings (SSSR count). The van der Waals surface area contributed by atoms with Crippen molar-refractivity contribution in [2.24, 2.45) is 0 Å². The van der Waals surface area contributed by atoms with Gasteiger partial charge in [0.15, 0.2) is 5.75 Å². The summed E-state index contributed by atoms with van der Waals surface area (Å²) in [5, 5.41) is 2.61. The molecule has 22 heavy (non-hydrogen) atoms. The van der Waals surface area contributed by atoms with E-state index in [1.165, 1.54) is 0 Å². The average Bonchev–Trinajstić information content (AvgIpc) is 2.49. The second-order valence-corrected chi connectivity index (χ2v) is 4.25. The fourth-order valence-corrected chi connectivity index (χ4v) is 1.59. The van der Waals surface area contributed by atoms with Crippen LogP contribution in [0.1, 0.15) is 0 Å². The molecule has 3 nitrogen and oxygen atoms in total. The van der Waals surface area contributed by atoms with E-state index in [1.807, 2.05) is 6.07 Å². The van der Waals surface area contributed by atoms with E-state index in [0.29, 0.717) is 23.3 Å². The summed E-state index contributed by atoms with van der Waals surface area (Å²) in [5.74, 6) is -0.911. The summed E-state index contributed by atoms with van der Waals surface area (Å²) in [5.41, 5.74) is 0.442. The molecule has 0 saturated carbocycles. The second-order valence-electron chi connectivity index (χ2n) is 4.25. The monoisotopic (exact) mass is 307 g/mol. The van der Waals surface area contributed by atoms with Gasteiger partial charge in [-0.15, -0.1) is 0 Å². The Kier molecular flexibility index (Phi) is 4.83. The Labute approximate surface area is 125 Å². The maximum absolute atomic E-state index is 12.1. The Bertz CT molecular complexity index is 667. The molecular formula is C16H12F3NO2. The molecule has 1 N–H and O–H groups in total. The van der Waals surface area contributed by atoms with E-state index >= 15 is 0 Å². The standard InChI is InChI=1S/C16H12F3NO2/c17-16(18,19)15(21)10-11-20-13-8-4-5-9-14(13)22-12-6-2-1-3-7-12/h1-11,20H/b11-10-. The Morgan fingerprint density at radius 1 is 1.00 bits per heavy atom. The number of para-hydroxylation sites is 3. The molecule has 0 aliphatic heterocycles. The van der Waals surface area contributed by atoms with Gasteiger partial charge in [0.05, 0.1) is 5.69 Å². The molecule has 0 unspecified atom stereocenters. The molecule has 0 aliphatic rings. The molecule has 0 saturated heterocycles. The third-order valence-corrected chi connectivity index (χ3v) is 2.61. The van der Waals surface area contributed by atoms with Crippen molar-refractivity contribution in [3.8, 4) is 11.5 Å². The summed E-state index contributed by atoms with van der Waals surface area (Å²) in [6.45, 7) is 0. The van der Waals surface area contributed by atoms with E-state index in [-0.39, 0.29) is 0 Å². The van der Waals surface area contributed by atoms with Gasteiger partial charge in [0.25, 0.3) is 5.78 Å². The number of ketones is 1. The van der Waals surface area contributed by atoms with Gasteiger partial charge in [-0.3, -0.25) is 4.79 Å². The smallest absolute Gasteiger partial charge is 0.454 e. The molecule has 0 amide bonds. The van der Waals surface area contributed by atoms with Gasteiger partial charge in [0.1, 0.15) is 5.75 Å². The van der Waals surface area contributed by atoms with Crippen molar-refractivity contribution in [1.29, 1.82) is 0 Å². The fraction of sp³-hybridized carbons (Fsp3) is 0.0625. The van der Waals surface area contributed by atoms with Crippen LogP contribution in [0.25, 0.3) is 0 Å². The predicted octanol–water partition coefficient (Wildman–Crippen LogP) is 4.54. The first kappa shape index (κ1) is 15.6. The summed E-state index contributed by atoms with van der Waals surface area (Å²) < 4.78 is 41.9. The van der Waals surface area contributed by atoms with Crippen LogP contribution < -0.4 is 10.1 Å². The van der Waals surface area contributed by atoms with Crippen LogP contribution in [0.3, 0.4) is 0 Å². The summed E-state index contributed by atoms with van der Waals surface area (Å²) >= 11 is 0. The van der Waals surface area contributed by atoms with Gasteiger partial charge in [-0.25, -0.2) is 0 Å². The lowest BCUT2D eigenvalue weighted by Gasteiger charge is -2.10. The van der Waals surface area contributed by atoms with Crippen molar-refractivity contribution in [3.63, 3.8) is 0 Å². The predicted molar refractivity (Wildman–Crippen MR) is 76.8 cm³/mol. The van der Waals surface area contributed by atoms with Crippen molar-refractivity contribution in [1.82, 2.24) is 0 Å². The minimum atomic E-state index is -4.88. The Morgan fingerprint density at radius 2 is 1.64 bits per heavy atom. The summed E-state index contributed by atoms with van der Waals surface area (Å²) in [6, 6.07) is 15.6. The first-order valence-corrected chi connectivity index (χ1v) is 6.33. The van der Waals surface area contributed by atoms with Crippen LogP contribution in [0, 0.1) is 0 Å². The molecule has 2 aromatic rings. The quantitative estimate of drug-likeness (QED) is 0.824. The average molecular weight is 307 g/mol. The zero-order valence-corrected chi connectivity index (χ0v) is 11.3. The van der Waals surface area contributed by atoms with Gasteiger partial charge in [-0.1, -0.05) is 30.3 Å². The largest absolute Gasteiger partial charge is 0.455 e. The van der Waals surface area contributed by atoms with Crippen LogP contribution in [0.5, 0.6) is 11.5 Å². The van der Waals surface area contributed by atoms with Crippen LogP contribution in [-0.2, 0) is 4.79 Å². The second kappa shape index (κ2) is 6.80. The molecule has 0 aliphatic carbocycles. The third kappa shape index (κ3) is 4.37. The van der Waals surface area contributed by atoms with Crippen LogP contribution in [0.2, 0.25) is 0 Å². The number of ether oxygens (including phenoxy) is 1. The molecule has 114 valence electrons. The lowest BCUT2D eigenvalue weighted by Crippen LogP contribution is -2.20. The minimum absolute atomic E-state index is 0.429. The molecule has 2 aromatic carbocycles. The fourth-order valence-electron chi connectivity index (χ4n) is 1.59. The molecule has 0 spiro atoms. The Morgan fingerprint density at radius 3 is 2.32 bits per heavy atom. The van der Waals surface area contributed by atoms with Crippen molar-refractivity contribution >= 4 is 11.5 Å². The van der Waals surface area contributed by atoms with Gasteiger partial charge < -0.3 is 10.1 Å². The maximum Gasteiger partial charge on any atom is 0.454 e. The van der Waals surface area contributed by atoms with Crippen LogP contribution >= 0.6 is 0 Å². The van der Waals surface area contributed by atoms with Crippen LogP contribution in [0.4, 0.5) is 18.9 Å². The number of carbonyl (C=O) groups excluding carboxylic acids is 1. The SMILES string of the molecule is O=C(/C=C\Nc1ccccc1Oc1ccccc1)C(F)(F)F.